The zero-order chi connectivity index (χ0) is 27.4. The van der Waals surface area contributed by atoms with Gasteiger partial charge in [0.05, 0.1) is 18.7 Å². The Morgan fingerprint density at radius 1 is 1.08 bits per heavy atom. The van der Waals surface area contributed by atoms with E-state index < -0.39 is 23.7 Å². The minimum absolute atomic E-state index is 0.0530. The highest BCUT2D eigenvalue weighted by atomic mass is 19.4. The van der Waals surface area contributed by atoms with Crippen molar-refractivity contribution in [1.29, 1.82) is 0 Å². The summed E-state index contributed by atoms with van der Waals surface area (Å²) in [6.07, 6.45) is 2.26. The van der Waals surface area contributed by atoms with Crippen LogP contribution in [0.25, 0.3) is 11.0 Å². The fourth-order valence-electron chi connectivity index (χ4n) is 5.43. The normalized spacial score (nSPS) is 16.1. The third-order valence-corrected chi connectivity index (χ3v) is 7.26. The van der Waals surface area contributed by atoms with Crippen molar-refractivity contribution in [3.63, 3.8) is 0 Å². The number of pyridine rings is 1. The summed E-state index contributed by atoms with van der Waals surface area (Å²) < 4.78 is 55.5. The number of hydrogen-bond donors (Lipinski definition) is 2. The Hall–Kier alpha value is -3.63. The van der Waals surface area contributed by atoms with Gasteiger partial charge in [0.2, 0.25) is 5.91 Å². The lowest BCUT2D eigenvalue weighted by Crippen LogP contribution is -2.37. The third kappa shape index (κ3) is 6.25. The van der Waals surface area contributed by atoms with Gasteiger partial charge in [-0.1, -0.05) is 25.3 Å². The van der Waals surface area contributed by atoms with Crippen molar-refractivity contribution < 1.29 is 37.4 Å². The van der Waals surface area contributed by atoms with E-state index in [4.69, 9.17) is 15.0 Å². The number of nitrogens with zero attached hydrogens (tertiary/aromatic N) is 3. The topological polar surface area (TPSA) is 95.7 Å². The van der Waals surface area contributed by atoms with Crippen LogP contribution in [0.3, 0.4) is 0 Å². The van der Waals surface area contributed by atoms with Gasteiger partial charge in [-0.2, -0.15) is 13.2 Å². The van der Waals surface area contributed by atoms with E-state index in [1.54, 1.807) is 6.20 Å². The maximum absolute atomic E-state index is 14.7. The van der Waals surface area contributed by atoms with E-state index in [0.29, 0.717) is 43.6 Å². The molecule has 1 aliphatic carbocycles. The van der Waals surface area contributed by atoms with Gasteiger partial charge in [-0.15, -0.1) is 0 Å². The van der Waals surface area contributed by atoms with Crippen LogP contribution in [0.15, 0.2) is 36.5 Å². The molecule has 1 fully saturated rings. The maximum Gasteiger partial charge on any atom is 0.503 e. The van der Waals surface area contributed by atoms with E-state index in [1.165, 1.54) is 25.3 Å². The van der Waals surface area contributed by atoms with Crippen molar-refractivity contribution in [3.05, 3.63) is 64.7 Å². The van der Waals surface area contributed by atoms with Gasteiger partial charge in [-0.3, -0.25) is 4.79 Å². The lowest BCUT2D eigenvalue weighted by Gasteiger charge is -2.31. The van der Waals surface area contributed by atoms with E-state index in [1.807, 2.05) is 21.6 Å². The predicted octanol–water partition coefficient (Wildman–Crippen LogP) is 6.32. The summed E-state index contributed by atoms with van der Waals surface area (Å²) in [5, 5.41) is 14.9. The van der Waals surface area contributed by atoms with Crippen LogP contribution in [0.1, 0.15) is 60.9 Å². The Balaban J connectivity index is 0.000000786. The van der Waals surface area contributed by atoms with Crippen LogP contribution >= 0.6 is 0 Å². The molecule has 204 valence electrons. The molecule has 7 nitrogen and oxygen atoms in total. The number of carbonyl (C=O) groups is 2. The molecule has 1 saturated carbocycles. The van der Waals surface area contributed by atoms with Gasteiger partial charge in [-0.05, 0) is 55.0 Å². The molecular formula is C27H29F4N3O4. The van der Waals surface area contributed by atoms with Crippen LogP contribution in [0, 0.1) is 11.7 Å². The Morgan fingerprint density at radius 3 is 2.45 bits per heavy atom. The average molecular weight is 536 g/mol. The molecule has 2 aromatic heterocycles. The monoisotopic (exact) mass is 535 g/mol. The molecule has 1 aromatic carbocycles. The summed E-state index contributed by atoms with van der Waals surface area (Å²) in [6, 6.07) is 6.44. The first-order valence-corrected chi connectivity index (χ1v) is 12.5. The van der Waals surface area contributed by atoms with Gasteiger partial charge in [0, 0.05) is 35.8 Å². The highest BCUT2D eigenvalue weighted by Crippen LogP contribution is 2.34. The Kier molecular flexibility index (Phi) is 8.23. The molecule has 3 heterocycles. The highest BCUT2D eigenvalue weighted by Gasteiger charge is 2.32. The third-order valence-electron chi connectivity index (χ3n) is 7.26. The van der Waals surface area contributed by atoms with Crippen molar-refractivity contribution in [2.75, 3.05) is 6.54 Å². The molecule has 3 aromatic rings. The number of carbonyl (C=O) groups excluding carboxylic acids is 1. The quantitative estimate of drug-likeness (QED) is 0.381. The fraction of sp³-hybridized carbons (Fsp3) is 0.444. The second kappa shape index (κ2) is 11.4. The van der Waals surface area contributed by atoms with Crippen LogP contribution < -0.4 is 0 Å². The van der Waals surface area contributed by atoms with Gasteiger partial charge in [0.1, 0.15) is 11.5 Å². The first-order valence-electron chi connectivity index (χ1n) is 12.5. The van der Waals surface area contributed by atoms with E-state index in [2.05, 4.69) is 4.98 Å². The van der Waals surface area contributed by atoms with Gasteiger partial charge in [0.15, 0.2) is 0 Å². The smallest absolute Gasteiger partial charge is 0.450 e. The molecule has 0 atom stereocenters. The first-order chi connectivity index (χ1) is 18.0. The molecule has 11 heteroatoms. The summed E-state index contributed by atoms with van der Waals surface area (Å²) in [6.45, 7) is 1.08. The van der Waals surface area contributed by atoms with Crippen molar-refractivity contribution >= 4 is 23.1 Å². The van der Waals surface area contributed by atoms with Crippen LogP contribution in [0.5, 0.6) is 0 Å². The van der Waals surface area contributed by atoms with Gasteiger partial charge in [0.25, 0.3) is 0 Å². The molecule has 5 rings (SSSR count). The molecule has 1 amide bonds. The predicted molar refractivity (Wildman–Crippen MR) is 131 cm³/mol. The number of halogens is 4. The Morgan fingerprint density at radius 2 is 1.79 bits per heavy atom. The van der Waals surface area contributed by atoms with E-state index in [9.17, 15) is 22.4 Å². The molecule has 0 spiro atoms. The number of carboxylic acid groups (broad SMARTS) is 2. The number of alkyl halides is 3. The van der Waals surface area contributed by atoms with E-state index in [0.717, 1.165) is 35.6 Å². The number of aromatic nitrogens is 2. The Labute approximate surface area is 216 Å². The molecule has 0 unspecified atom stereocenters. The van der Waals surface area contributed by atoms with Crippen LogP contribution in [-0.4, -0.2) is 43.3 Å². The van der Waals surface area contributed by atoms with Crippen LogP contribution in [0.4, 0.5) is 22.4 Å². The summed E-state index contributed by atoms with van der Waals surface area (Å²) in [7, 11) is 0. The standard InChI is InChI=1S/C26H27F4N3O.CH2O3/c27-22-14-19(26(28,29)30)9-8-18(22)15-33-23-16-32(24(34)13-17-5-2-1-3-6-17)12-10-20(23)21-7-4-11-31-25(21)33;2-1(3)4/h4,7-9,11,14,17H,1-3,5-6,10,12-13,15-16H2;(H2,2,3,4). The lowest BCUT2D eigenvalue weighted by molar-refractivity contribution is -0.137. The fourth-order valence-corrected chi connectivity index (χ4v) is 5.43. The molecule has 2 aliphatic rings. The highest BCUT2D eigenvalue weighted by molar-refractivity contribution is 5.84. The van der Waals surface area contributed by atoms with Crippen molar-refractivity contribution in [2.24, 2.45) is 5.92 Å². The SMILES string of the molecule is O=C(CC1CCCCC1)N1CCc2c(n(Cc3ccc(C(F)(F)F)cc3F)c3ncccc23)C1.O=C(O)O. The summed E-state index contributed by atoms with van der Waals surface area (Å²) >= 11 is 0. The van der Waals surface area contributed by atoms with Gasteiger partial charge >= 0.3 is 12.3 Å². The zero-order valence-corrected chi connectivity index (χ0v) is 20.7. The van der Waals surface area contributed by atoms with E-state index in [-0.39, 0.29) is 18.0 Å². The zero-order valence-electron chi connectivity index (χ0n) is 20.7. The minimum Gasteiger partial charge on any atom is -0.450 e. The van der Waals surface area contributed by atoms with Gasteiger partial charge in [-0.25, -0.2) is 14.2 Å². The largest absolute Gasteiger partial charge is 0.503 e. The van der Waals surface area contributed by atoms with E-state index >= 15 is 0 Å². The summed E-state index contributed by atoms with van der Waals surface area (Å²) in [5.74, 6) is -0.318. The number of benzene rings is 1. The molecular weight excluding hydrogens is 506 g/mol. The molecule has 1 aliphatic heterocycles. The molecule has 0 radical (unpaired) electrons. The minimum atomic E-state index is -4.60. The van der Waals surface area contributed by atoms with Crippen LogP contribution in [-0.2, 0) is 30.5 Å². The second-order valence-electron chi connectivity index (χ2n) is 9.75. The number of hydrogen-bond acceptors (Lipinski definition) is 3. The molecule has 0 bridgehead atoms. The second-order valence-corrected chi connectivity index (χ2v) is 9.75. The summed E-state index contributed by atoms with van der Waals surface area (Å²) in [5.41, 5.74) is 1.77. The van der Waals surface area contributed by atoms with Gasteiger partial charge < -0.3 is 19.7 Å². The molecule has 38 heavy (non-hydrogen) atoms. The number of amides is 1. The molecule has 2 N–H and O–H groups in total. The molecule has 0 saturated heterocycles. The summed E-state index contributed by atoms with van der Waals surface area (Å²) in [4.78, 5) is 28.0. The number of fused-ring (bicyclic) bond motifs is 3. The van der Waals surface area contributed by atoms with Crippen molar-refractivity contribution in [1.82, 2.24) is 14.5 Å². The maximum atomic E-state index is 14.7. The average Bonchev–Trinajstić information content (AvgIpc) is 3.18. The lowest BCUT2D eigenvalue weighted by atomic mass is 9.86. The van der Waals surface area contributed by atoms with Crippen molar-refractivity contribution in [3.8, 4) is 0 Å². The Bertz CT molecular complexity index is 1310. The van der Waals surface area contributed by atoms with Crippen LogP contribution in [0.2, 0.25) is 0 Å². The number of rotatable bonds is 4. The first kappa shape index (κ1) is 27.4. The van der Waals surface area contributed by atoms with Crippen molar-refractivity contribution in [2.45, 2.75) is 64.2 Å².